The first kappa shape index (κ1) is 8.91. The van der Waals surface area contributed by atoms with E-state index in [4.69, 9.17) is 0 Å². The third-order valence-corrected chi connectivity index (χ3v) is 2.14. The highest BCUT2D eigenvalue weighted by molar-refractivity contribution is 4.69. The fourth-order valence-electron chi connectivity index (χ4n) is 1.65. The monoisotopic (exact) mass is 163 g/mol. The van der Waals surface area contributed by atoms with Crippen LogP contribution in [0.2, 0.25) is 0 Å². The summed E-state index contributed by atoms with van der Waals surface area (Å²) in [6.07, 6.45) is 0.105. The predicted molar refractivity (Wildman–Crippen MR) is 40.8 cm³/mol. The summed E-state index contributed by atoms with van der Waals surface area (Å²) in [7, 11) is 0. The average Bonchev–Trinajstić information content (AvgIpc) is 1.85. The van der Waals surface area contributed by atoms with Gasteiger partial charge in [-0.2, -0.15) is 0 Å². The molecule has 1 aliphatic heterocycles. The van der Waals surface area contributed by atoms with Crippen LogP contribution in [0.5, 0.6) is 0 Å². The number of hydrogen-bond donors (Lipinski definition) is 0. The Morgan fingerprint density at radius 2 is 2.27 bits per heavy atom. The van der Waals surface area contributed by atoms with Gasteiger partial charge in [0.05, 0.1) is 6.54 Å². The molecule has 1 aliphatic rings. The van der Waals surface area contributed by atoms with Crippen LogP contribution in [0.3, 0.4) is 0 Å². The van der Waals surface area contributed by atoms with E-state index in [1.165, 1.54) is 6.42 Å². The van der Waals surface area contributed by atoms with Crippen molar-refractivity contribution in [2.45, 2.75) is 26.2 Å². The fourth-order valence-corrected chi connectivity index (χ4v) is 1.65. The average molecular weight is 163 g/mol. The van der Waals surface area contributed by atoms with Gasteiger partial charge >= 0.3 is 0 Å². The van der Waals surface area contributed by atoms with Gasteiger partial charge in [0.1, 0.15) is 0 Å². The van der Waals surface area contributed by atoms with Crippen LogP contribution in [0.1, 0.15) is 19.8 Å². The highest BCUT2D eigenvalue weighted by Crippen LogP contribution is 2.15. The Bertz CT molecular complexity index is 115. The summed E-state index contributed by atoms with van der Waals surface area (Å²) < 4.78 is 23.8. The van der Waals surface area contributed by atoms with Gasteiger partial charge in [-0.15, -0.1) is 0 Å². The minimum absolute atomic E-state index is 0.0374. The molecule has 1 fully saturated rings. The van der Waals surface area contributed by atoms with E-state index in [9.17, 15) is 8.78 Å². The largest absolute Gasteiger partial charge is 0.297 e. The Kier molecular flexibility index (Phi) is 3.24. The SMILES string of the molecule is C[C@@H]1CCCN(CC(F)F)C1. The van der Waals surface area contributed by atoms with Crippen LogP contribution in [-0.4, -0.2) is 31.0 Å². The number of halogens is 2. The lowest BCUT2D eigenvalue weighted by molar-refractivity contribution is 0.0674. The molecule has 1 saturated heterocycles. The number of alkyl halides is 2. The summed E-state index contributed by atoms with van der Waals surface area (Å²) >= 11 is 0. The molecular weight excluding hydrogens is 148 g/mol. The highest BCUT2D eigenvalue weighted by atomic mass is 19.3. The molecule has 0 saturated carbocycles. The van der Waals surface area contributed by atoms with E-state index in [0.29, 0.717) is 5.92 Å². The van der Waals surface area contributed by atoms with Crippen LogP contribution in [-0.2, 0) is 0 Å². The molecule has 0 aromatic carbocycles. The van der Waals surface area contributed by atoms with Gasteiger partial charge in [-0.1, -0.05) is 6.92 Å². The molecule has 1 nitrogen and oxygen atoms in total. The van der Waals surface area contributed by atoms with Gasteiger partial charge in [0.15, 0.2) is 0 Å². The van der Waals surface area contributed by atoms with Crippen LogP contribution < -0.4 is 0 Å². The number of likely N-dealkylation sites (tertiary alicyclic amines) is 1. The van der Waals surface area contributed by atoms with Gasteiger partial charge in [0.2, 0.25) is 0 Å². The maximum absolute atomic E-state index is 11.9. The van der Waals surface area contributed by atoms with E-state index in [1.807, 2.05) is 4.90 Å². The number of hydrogen-bond acceptors (Lipinski definition) is 1. The quantitative estimate of drug-likeness (QED) is 0.601. The molecule has 0 radical (unpaired) electrons. The first-order valence-electron chi connectivity index (χ1n) is 4.19. The lowest BCUT2D eigenvalue weighted by Gasteiger charge is -2.30. The lowest BCUT2D eigenvalue weighted by atomic mass is 10.0. The molecule has 0 unspecified atom stereocenters. The second kappa shape index (κ2) is 4.00. The van der Waals surface area contributed by atoms with Crippen molar-refractivity contribution in [3.8, 4) is 0 Å². The zero-order valence-electron chi connectivity index (χ0n) is 6.89. The van der Waals surface area contributed by atoms with Crippen molar-refractivity contribution in [1.82, 2.24) is 4.90 Å². The molecule has 0 aromatic rings. The Hall–Kier alpha value is -0.180. The standard InChI is InChI=1S/C8H15F2N/c1-7-3-2-4-11(5-7)6-8(9)10/h7-8H,2-6H2,1H3/t7-/m1/s1. The first-order valence-corrected chi connectivity index (χ1v) is 4.19. The normalized spacial score (nSPS) is 27.8. The summed E-state index contributed by atoms with van der Waals surface area (Å²) in [6.45, 7) is 3.79. The number of nitrogens with zero attached hydrogens (tertiary/aromatic N) is 1. The first-order chi connectivity index (χ1) is 5.18. The smallest absolute Gasteiger partial charge is 0.251 e. The van der Waals surface area contributed by atoms with E-state index in [0.717, 1.165) is 19.5 Å². The van der Waals surface area contributed by atoms with Crippen LogP contribution in [0, 0.1) is 5.92 Å². The van der Waals surface area contributed by atoms with Gasteiger partial charge < -0.3 is 0 Å². The Morgan fingerprint density at radius 3 is 2.82 bits per heavy atom. The van der Waals surface area contributed by atoms with Crippen LogP contribution in [0.15, 0.2) is 0 Å². The minimum Gasteiger partial charge on any atom is -0.297 e. The number of piperidine rings is 1. The Balaban J connectivity index is 2.23. The summed E-state index contributed by atoms with van der Waals surface area (Å²) in [5.41, 5.74) is 0. The second-order valence-electron chi connectivity index (χ2n) is 3.40. The molecular formula is C8H15F2N. The van der Waals surface area contributed by atoms with Crippen molar-refractivity contribution in [1.29, 1.82) is 0 Å². The Labute approximate surface area is 66.4 Å². The van der Waals surface area contributed by atoms with Crippen molar-refractivity contribution in [3.05, 3.63) is 0 Å². The molecule has 1 heterocycles. The predicted octanol–water partition coefficient (Wildman–Crippen LogP) is 1.98. The van der Waals surface area contributed by atoms with Crippen molar-refractivity contribution in [2.75, 3.05) is 19.6 Å². The van der Waals surface area contributed by atoms with Gasteiger partial charge in [-0.25, -0.2) is 8.78 Å². The van der Waals surface area contributed by atoms with Crippen LogP contribution in [0.25, 0.3) is 0 Å². The van der Waals surface area contributed by atoms with Gasteiger partial charge in [0.25, 0.3) is 6.43 Å². The summed E-state index contributed by atoms with van der Waals surface area (Å²) in [5, 5.41) is 0. The fraction of sp³-hybridized carbons (Fsp3) is 1.00. The summed E-state index contributed by atoms with van der Waals surface area (Å²) in [6, 6.07) is 0. The van der Waals surface area contributed by atoms with E-state index in [1.54, 1.807) is 0 Å². The van der Waals surface area contributed by atoms with E-state index in [-0.39, 0.29) is 6.54 Å². The maximum Gasteiger partial charge on any atom is 0.251 e. The van der Waals surface area contributed by atoms with Crippen molar-refractivity contribution in [2.24, 2.45) is 5.92 Å². The maximum atomic E-state index is 11.9. The molecule has 0 amide bonds. The molecule has 0 spiro atoms. The summed E-state index contributed by atoms with van der Waals surface area (Å²) in [5.74, 6) is 0.600. The van der Waals surface area contributed by atoms with Gasteiger partial charge in [-0.05, 0) is 25.3 Å². The van der Waals surface area contributed by atoms with Crippen molar-refractivity contribution in [3.63, 3.8) is 0 Å². The van der Waals surface area contributed by atoms with Crippen molar-refractivity contribution < 1.29 is 8.78 Å². The van der Waals surface area contributed by atoms with Crippen LogP contribution in [0.4, 0.5) is 8.78 Å². The van der Waals surface area contributed by atoms with Crippen LogP contribution >= 0.6 is 0 Å². The third kappa shape index (κ3) is 3.14. The molecule has 0 N–H and O–H groups in total. The Morgan fingerprint density at radius 1 is 1.55 bits per heavy atom. The second-order valence-corrected chi connectivity index (χ2v) is 3.40. The van der Waals surface area contributed by atoms with E-state index < -0.39 is 6.43 Å². The molecule has 66 valence electrons. The van der Waals surface area contributed by atoms with Crippen molar-refractivity contribution >= 4 is 0 Å². The highest BCUT2D eigenvalue weighted by Gasteiger charge is 2.18. The zero-order valence-corrected chi connectivity index (χ0v) is 6.89. The topological polar surface area (TPSA) is 3.24 Å². The molecule has 1 rings (SSSR count). The zero-order chi connectivity index (χ0) is 8.27. The third-order valence-electron chi connectivity index (χ3n) is 2.14. The summed E-state index contributed by atoms with van der Waals surface area (Å²) in [4.78, 5) is 1.86. The van der Waals surface area contributed by atoms with Gasteiger partial charge in [-0.3, -0.25) is 4.90 Å². The molecule has 1 atom stereocenters. The molecule has 0 bridgehead atoms. The van der Waals surface area contributed by atoms with E-state index >= 15 is 0 Å². The van der Waals surface area contributed by atoms with Gasteiger partial charge in [0, 0.05) is 6.54 Å². The molecule has 0 aliphatic carbocycles. The number of rotatable bonds is 2. The molecule has 3 heteroatoms. The molecule has 11 heavy (non-hydrogen) atoms. The van der Waals surface area contributed by atoms with E-state index in [2.05, 4.69) is 6.92 Å². The minimum atomic E-state index is -2.17. The lowest BCUT2D eigenvalue weighted by Crippen LogP contribution is -2.37. The molecule has 0 aromatic heterocycles.